The van der Waals surface area contributed by atoms with Crippen LogP contribution in [0.25, 0.3) is 17.2 Å². The van der Waals surface area contributed by atoms with E-state index in [1.165, 1.54) is 32.8 Å². The Hall–Kier alpha value is -4.34. The topological polar surface area (TPSA) is 173 Å². The summed E-state index contributed by atoms with van der Waals surface area (Å²) in [4.78, 5) is 12.9. The summed E-state index contributed by atoms with van der Waals surface area (Å²) >= 11 is 0. The molecule has 41 heavy (non-hydrogen) atoms. The van der Waals surface area contributed by atoms with Crippen LogP contribution >= 0.6 is 0 Å². The van der Waals surface area contributed by atoms with E-state index in [4.69, 9.17) is 24.1 Å². The highest BCUT2D eigenvalue weighted by atomic mass is 32.2. The summed E-state index contributed by atoms with van der Waals surface area (Å²) in [5.41, 5.74) is 1.46. The van der Waals surface area contributed by atoms with Gasteiger partial charge in [-0.1, -0.05) is 12.1 Å². The number of pyridine rings is 1. The van der Waals surface area contributed by atoms with Gasteiger partial charge in [-0.2, -0.15) is 0 Å². The molecule has 0 aliphatic carbocycles. The zero-order valence-corrected chi connectivity index (χ0v) is 24.0. The summed E-state index contributed by atoms with van der Waals surface area (Å²) in [6, 6.07) is 10.1. The second-order valence-corrected chi connectivity index (χ2v) is 10.8. The highest BCUT2D eigenvalue weighted by Crippen LogP contribution is 2.38. The average Bonchev–Trinajstić information content (AvgIpc) is 3.39. The number of sulfonamides is 1. The molecule has 15 heteroatoms. The van der Waals surface area contributed by atoms with Crippen LogP contribution in [0.2, 0.25) is 0 Å². The van der Waals surface area contributed by atoms with Crippen LogP contribution in [0.4, 0.5) is 5.95 Å². The zero-order valence-electron chi connectivity index (χ0n) is 23.2. The number of para-hydroxylation sites is 1. The Labute approximate surface area is 237 Å². The van der Waals surface area contributed by atoms with Crippen molar-refractivity contribution in [2.24, 2.45) is 0 Å². The molecule has 1 aromatic carbocycles. The lowest BCUT2D eigenvalue weighted by atomic mass is 10.2. The van der Waals surface area contributed by atoms with Crippen molar-refractivity contribution >= 4 is 16.0 Å². The minimum atomic E-state index is -4.17. The molecule has 0 fully saturated rings. The summed E-state index contributed by atoms with van der Waals surface area (Å²) in [6.07, 6.45) is 2.19. The Kier molecular flexibility index (Phi) is 9.31. The van der Waals surface area contributed by atoms with Gasteiger partial charge >= 0.3 is 0 Å². The molecule has 2 N–H and O–H groups in total. The number of nitrogens with one attached hydrogen (secondary N) is 1. The van der Waals surface area contributed by atoms with Crippen LogP contribution in [0.1, 0.15) is 24.4 Å². The molecule has 14 nitrogen and oxygen atoms in total. The van der Waals surface area contributed by atoms with Gasteiger partial charge in [-0.25, -0.2) is 23.4 Å². The Bertz CT molecular complexity index is 1560. The predicted molar refractivity (Wildman–Crippen MR) is 149 cm³/mol. The number of aliphatic hydroxyl groups excluding tert-OH is 1. The molecule has 0 aliphatic heterocycles. The monoisotopic (exact) mass is 585 g/mol. The minimum Gasteiger partial charge on any atom is -0.494 e. The number of nitrogens with zero attached hydrogens (tertiary/aromatic N) is 6. The van der Waals surface area contributed by atoms with Gasteiger partial charge in [0.15, 0.2) is 11.6 Å². The molecule has 0 bridgehead atoms. The van der Waals surface area contributed by atoms with E-state index in [1.54, 1.807) is 48.8 Å². The molecule has 0 spiro atoms. The normalized spacial score (nSPS) is 12.9. The van der Waals surface area contributed by atoms with Crippen LogP contribution in [-0.2, 0) is 14.8 Å². The number of methoxy groups -OCH3 is 3. The second-order valence-electron chi connectivity index (χ2n) is 8.75. The maximum atomic E-state index is 13.7. The number of rotatable bonds is 13. The van der Waals surface area contributed by atoms with Crippen LogP contribution in [0.3, 0.4) is 0 Å². The molecule has 4 aromatic rings. The van der Waals surface area contributed by atoms with E-state index in [9.17, 15) is 8.42 Å². The van der Waals surface area contributed by atoms with E-state index in [1.807, 2.05) is 6.92 Å². The molecule has 0 radical (unpaired) electrons. The van der Waals surface area contributed by atoms with Crippen LogP contribution in [0.15, 0.2) is 48.8 Å². The summed E-state index contributed by atoms with van der Waals surface area (Å²) in [7, 11) is 0.158. The molecule has 0 saturated heterocycles. The SMILES string of the molecule is COc1cccc(OC)c1-n1c(NS(=O)(=O)[C@@H](C)[C@H](OC)c2ncc(C)cn2)nnc1-c1cccc(OCCO)n1. The lowest BCUT2D eigenvalue weighted by Gasteiger charge is -2.23. The smallest absolute Gasteiger partial charge is 0.243 e. The maximum absolute atomic E-state index is 13.7. The zero-order chi connectivity index (χ0) is 29.6. The lowest BCUT2D eigenvalue weighted by molar-refractivity contribution is 0.0949. The Morgan fingerprint density at radius 1 is 1.00 bits per heavy atom. The number of aliphatic hydroxyl groups is 1. The van der Waals surface area contributed by atoms with Crippen molar-refractivity contribution in [3.63, 3.8) is 0 Å². The van der Waals surface area contributed by atoms with E-state index in [2.05, 4.69) is 29.9 Å². The fourth-order valence-electron chi connectivity index (χ4n) is 3.99. The van der Waals surface area contributed by atoms with Crippen molar-refractivity contribution in [1.82, 2.24) is 29.7 Å². The first-order valence-electron chi connectivity index (χ1n) is 12.4. The fourth-order valence-corrected chi connectivity index (χ4v) is 5.12. The molecule has 0 saturated carbocycles. The van der Waals surface area contributed by atoms with E-state index >= 15 is 0 Å². The summed E-state index contributed by atoms with van der Waals surface area (Å²) in [6.45, 7) is 3.15. The van der Waals surface area contributed by atoms with Gasteiger partial charge in [-0.3, -0.25) is 9.29 Å². The van der Waals surface area contributed by atoms with Crippen LogP contribution < -0.4 is 18.9 Å². The van der Waals surface area contributed by atoms with Crippen molar-refractivity contribution in [3.05, 3.63) is 60.2 Å². The van der Waals surface area contributed by atoms with Crippen molar-refractivity contribution in [2.75, 3.05) is 39.3 Å². The number of aromatic nitrogens is 6. The molecule has 0 amide bonds. The molecular weight excluding hydrogens is 554 g/mol. The van der Waals surface area contributed by atoms with Gasteiger partial charge in [0, 0.05) is 25.6 Å². The highest BCUT2D eigenvalue weighted by Gasteiger charge is 2.35. The van der Waals surface area contributed by atoms with E-state index in [0.717, 1.165) is 5.56 Å². The third-order valence-electron chi connectivity index (χ3n) is 6.04. The standard InChI is InChI=1S/C26H31N7O7S/c1-16-14-27-24(28-15-16)23(39-5)17(2)41(35,36)32-26-31-30-25(18-8-6-11-21(29-18)40-13-12-34)33(26)22-19(37-3)9-7-10-20(22)38-4/h6-11,14-15,17,23,34H,12-13H2,1-5H3,(H,31,32)/t17-,23-/m0/s1. The number of benzene rings is 1. The van der Waals surface area contributed by atoms with Gasteiger partial charge < -0.3 is 24.1 Å². The Balaban J connectivity index is 1.84. The van der Waals surface area contributed by atoms with Crippen LogP contribution in [0, 0.1) is 6.92 Å². The van der Waals surface area contributed by atoms with Crippen LogP contribution in [0.5, 0.6) is 17.4 Å². The minimum absolute atomic E-state index is 0.0395. The second kappa shape index (κ2) is 12.9. The lowest BCUT2D eigenvalue weighted by Crippen LogP contribution is -2.33. The fraction of sp³-hybridized carbons (Fsp3) is 0.346. The number of ether oxygens (including phenoxy) is 4. The Morgan fingerprint density at radius 3 is 2.27 bits per heavy atom. The quantitative estimate of drug-likeness (QED) is 0.235. The molecule has 2 atom stereocenters. The van der Waals surface area contributed by atoms with E-state index < -0.39 is 21.4 Å². The first kappa shape index (κ1) is 29.6. The first-order valence-corrected chi connectivity index (χ1v) is 14.0. The number of hydrogen-bond acceptors (Lipinski definition) is 12. The summed E-state index contributed by atoms with van der Waals surface area (Å²) in [5, 5.41) is 16.4. The predicted octanol–water partition coefficient (Wildman–Crippen LogP) is 2.33. The van der Waals surface area contributed by atoms with Crippen molar-refractivity contribution in [1.29, 1.82) is 0 Å². The third-order valence-corrected chi connectivity index (χ3v) is 7.73. The highest BCUT2D eigenvalue weighted by molar-refractivity contribution is 7.93. The van der Waals surface area contributed by atoms with Gasteiger partial charge in [0.1, 0.15) is 40.8 Å². The van der Waals surface area contributed by atoms with Crippen LogP contribution in [-0.4, -0.2) is 83.0 Å². The molecule has 3 aromatic heterocycles. The number of aryl methyl sites for hydroxylation is 1. The van der Waals surface area contributed by atoms with Crippen molar-refractivity contribution in [2.45, 2.75) is 25.2 Å². The first-order chi connectivity index (χ1) is 19.7. The van der Waals surface area contributed by atoms with Gasteiger partial charge in [0.2, 0.25) is 21.9 Å². The molecule has 0 unspecified atom stereocenters. The molecule has 0 aliphatic rings. The summed E-state index contributed by atoms with van der Waals surface area (Å²) < 4.78 is 53.5. The average molecular weight is 586 g/mol. The van der Waals surface area contributed by atoms with Gasteiger partial charge in [-0.15, -0.1) is 10.2 Å². The maximum Gasteiger partial charge on any atom is 0.243 e. The molecular formula is C26H31N7O7S. The largest absolute Gasteiger partial charge is 0.494 e. The summed E-state index contributed by atoms with van der Waals surface area (Å²) in [5.74, 6) is 1.17. The molecule has 218 valence electrons. The Morgan fingerprint density at radius 2 is 1.66 bits per heavy atom. The van der Waals surface area contributed by atoms with Gasteiger partial charge in [0.25, 0.3) is 0 Å². The third kappa shape index (κ3) is 6.37. The van der Waals surface area contributed by atoms with E-state index in [0.29, 0.717) is 22.9 Å². The number of anilines is 1. The number of hydrogen-bond donors (Lipinski definition) is 2. The molecule has 3 heterocycles. The van der Waals surface area contributed by atoms with Gasteiger partial charge in [-0.05, 0) is 37.6 Å². The van der Waals surface area contributed by atoms with Crippen molar-refractivity contribution < 1.29 is 32.5 Å². The molecule has 4 rings (SSSR count). The van der Waals surface area contributed by atoms with Crippen molar-refractivity contribution in [3.8, 4) is 34.6 Å². The van der Waals surface area contributed by atoms with Gasteiger partial charge in [0.05, 0.1) is 20.8 Å². The van der Waals surface area contributed by atoms with E-state index in [-0.39, 0.29) is 36.7 Å².